The van der Waals surface area contributed by atoms with Gasteiger partial charge < -0.3 is 20.5 Å². The van der Waals surface area contributed by atoms with E-state index in [2.05, 4.69) is 5.32 Å². The Kier molecular flexibility index (Phi) is 8.14. The number of nitrogens with one attached hydrogen (secondary N) is 1. The van der Waals surface area contributed by atoms with Gasteiger partial charge in [0.05, 0.1) is 18.4 Å². The van der Waals surface area contributed by atoms with Crippen molar-refractivity contribution in [1.29, 1.82) is 0 Å². The summed E-state index contributed by atoms with van der Waals surface area (Å²) in [4.78, 5) is 11.8. The molecule has 1 aromatic rings. The van der Waals surface area contributed by atoms with E-state index in [9.17, 15) is 4.79 Å². The molecule has 0 spiro atoms. The molecule has 1 atom stereocenters. The lowest BCUT2D eigenvalue weighted by molar-refractivity contribution is -0.118. The van der Waals surface area contributed by atoms with E-state index in [0.29, 0.717) is 11.4 Å². The van der Waals surface area contributed by atoms with Crippen LogP contribution in [0.3, 0.4) is 0 Å². The van der Waals surface area contributed by atoms with Crippen molar-refractivity contribution >= 4 is 24.0 Å². The van der Waals surface area contributed by atoms with Gasteiger partial charge in [-0.15, -0.1) is 12.4 Å². The summed E-state index contributed by atoms with van der Waals surface area (Å²) in [5.74, 6) is 0.335. The number of carbonyl (C=O) groups is 1. The lowest BCUT2D eigenvalue weighted by atomic mass is 10.2. The minimum absolute atomic E-state index is 0. The van der Waals surface area contributed by atoms with Crippen LogP contribution >= 0.6 is 12.4 Å². The highest BCUT2D eigenvalue weighted by Crippen LogP contribution is 2.24. The smallest absolute Gasteiger partial charge is 0.243 e. The summed E-state index contributed by atoms with van der Waals surface area (Å²) in [5.41, 5.74) is 6.26. The number of nitrogens with two attached hydrogens (primary N) is 1. The Hall–Kier alpha value is -1.30. The quantitative estimate of drug-likeness (QED) is 0.837. The van der Waals surface area contributed by atoms with E-state index in [-0.39, 0.29) is 31.0 Å². The predicted octanol–water partition coefficient (Wildman–Crippen LogP) is 1.81. The highest BCUT2D eigenvalue weighted by Gasteiger charge is 2.15. The van der Waals surface area contributed by atoms with Gasteiger partial charge in [-0.25, -0.2) is 0 Å². The van der Waals surface area contributed by atoms with Crippen LogP contribution in [0.2, 0.25) is 0 Å². The molecule has 0 heterocycles. The van der Waals surface area contributed by atoms with Gasteiger partial charge in [0.2, 0.25) is 5.91 Å². The Balaban J connectivity index is 0.00000324. The van der Waals surface area contributed by atoms with Gasteiger partial charge in [-0.05, 0) is 26.0 Å². The summed E-state index contributed by atoms with van der Waals surface area (Å²) in [7, 11) is 1.50. The molecule has 0 aliphatic heterocycles. The van der Waals surface area contributed by atoms with E-state index in [1.165, 1.54) is 7.11 Å². The molecule has 1 aromatic carbocycles. The van der Waals surface area contributed by atoms with Crippen molar-refractivity contribution in [2.75, 3.05) is 19.0 Å². The Morgan fingerprint density at radius 3 is 2.58 bits per heavy atom. The monoisotopic (exact) mass is 288 g/mol. The summed E-state index contributed by atoms with van der Waals surface area (Å²) in [6.07, 6.45) is 0.0377. The third-order valence-electron chi connectivity index (χ3n) is 2.19. The first-order valence-corrected chi connectivity index (χ1v) is 5.85. The third kappa shape index (κ3) is 5.92. The van der Waals surface area contributed by atoms with E-state index < -0.39 is 6.04 Å². The number of para-hydroxylation sites is 2. The lowest BCUT2D eigenvalue weighted by Gasteiger charge is -2.16. The molecule has 0 aliphatic carbocycles. The summed E-state index contributed by atoms with van der Waals surface area (Å²) in [6, 6.07) is 6.56. The van der Waals surface area contributed by atoms with Crippen molar-refractivity contribution < 1.29 is 14.3 Å². The maximum atomic E-state index is 11.8. The number of hydrogen-bond donors (Lipinski definition) is 2. The first-order valence-electron chi connectivity index (χ1n) is 5.85. The maximum Gasteiger partial charge on any atom is 0.243 e. The van der Waals surface area contributed by atoms with Gasteiger partial charge in [-0.3, -0.25) is 4.79 Å². The number of ether oxygens (including phenoxy) is 2. The number of hydrogen-bond acceptors (Lipinski definition) is 4. The van der Waals surface area contributed by atoms with Gasteiger partial charge in [0.15, 0.2) is 0 Å². The molecule has 6 heteroatoms. The van der Waals surface area contributed by atoms with Crippen LogP contribution < -0.4 is 15.8 Å². The van der Waals surface area contributed by atoms with Gasteiger partial charge >= 0.3 is 0 Å². The first-order chi connectivity index (χ1) is 8.54. The highest BCUT2D eigenvalue weighted by molar-refractivity contribution is 5.96. The SMILES string of the molecule is COCC(N)C(=O)Nc1ccccc1OC(C)C.Cl. The minimum Gasteiger partial charge on any atom is -0.489 e. The second-order valence-corrected chi connectivity index (χ2v) is 4.21. The van der Waals surface area contributed by atoms with Crippen LogP contribution in [0.1, 0.15) is 13.8 Å². The number of rotatable bonds is 6. The van der Waals surface area contributed by atoms with Gasteiger partial charge in [0.1, 0.15) is 11.8 Å². The zero-order chi connectivity index (χ0) is 13.5. The Morgan fingerprint density at radius 1 is 1.37 bits per heavy atom. The van der Waals surface area contributed by atoms with Crippen LogP contribution in [0.5, 0.6) is 5.75 Å². The molecule has 0 fully saturated rings. The number of carbonyl (C=O) groups excluding carboxylic acids is 1. The largest absolute Gasteiger partial charge is 0.489 e. The van der Waals surface area contributed by atoms with E-state index in [0.717, 1.165) is 0 Å². The van der Waals surface area contributed by atoms with Crippen molar-refractivity contribution in [3.05, 3.63) is 24.3 Å². The van der Waals surface area contributed by atoms with Crippen LogP contribution in [-0.2, 0) is 9.53 Å². The molecule has 0 radical (unpaired) electrons. The van der Waals surface area contributed by atoms with Crippen LogP contribution in [0.15, 0.2) is 24.3 Å². The Bertz CT molecular complexity index is 399. The van der Waals surface area contributed by atoms with Crippen molar-refractivity contribution in [3.8, 4) is 5.75 Å². The number of methoxy groups -OCH3 is 1. The predicted molar refractivity (Wildman–Crippen MR) is 77.9 cm³/mol. The molecular weight excluding hydrogens is 268 g/mol. The molecule has 1 rings (SSSR count). The third-order valence-corrected chi connectivity index (χ3v) is 2.19. The molecule has 1 amide bonds. The van der Waals surface area contributed by atoms with Gasteiger partial charge in [0.25, 0.3) is 0 Å². The second-order valence-electron chi connectivity index (χ2n) is 4.21. The fourth-order valence-corrected chi connectivity index (χ4v) is 1.41. The summed E-state index contributed by atoms with van der Waals surface area (Å²) in [6.45, 7) is 4.03. The van der Waals surface area contributed by atoms with E-state index in [1.807, 2.05) is 26.0 Å². The van der Waals surface area contributed by atoms with Crippen LogP contribution in [0.4, 0.5) is 5.69 Å². The highest BCUT2D eigenvalue weighted by atomic mass is 35.5. The second kappa shape index (κ2) is 8.74. The van der Waals surface area contributed by atoms with Crippen LogP contribution in [-0.4, -0.2) is 31.8 Å². The van der Waals surface area contributed by atoms with Crippen LogP contribution in [0, 0.1) is 0 Å². The molecule has 108 valence electrons. The molecule has 1 unspecified atom stereocenters. The molecular formula is C13H21ClN2O3. The minimum atomic E-state index is -0.692. The molecule has 0 aromatic heterocycles. The van der Waals surface area contributed by atoms with Gasteiger partial charge in [-0.2, -0.15) is 0 Å². The standard InChI is InChI=1S/C13H20N2O3.ClH/c1-9(2)18-12-7-5-4-6-11(12)15-13(16)10(14)8-17-3;/h4-7,9-10H,8,14H2,1-3H3,(H,15,16);1H. The van der Waals surface area contributed by atoms with Crippen molar-refractivity contribution in [1.82, 2.24) is 0 Å². The average molecular weight is 289 g/mol. The number of halogens is 1. The topological polar surface area (TPSA) is 73.6 Å². The van der Waals surface area contributed by atoms with Gasteiger partial charge in [-0.1, -0.05) is 12.1 Å². The fourth-order valence-electron chi connectivity index (χ4n) is 1.41. The molecule has 0 aliphatic rings. The van der Waals surface area contributed by atoms with Gasteiger partial charge in [0, 0.05) is 7.11 Å². The zero-order valence-corrected chi connectivity index (χ0v) is 12.2. The molecule has 0 saturated heterocycles. The molecule has 19 heavy (non-hydrogen) atoms. The maximum absolute atomic E-state index is 11.8. The van der Waals surface area contributed by atoms with E-state index >= 15 is 0 Å². The van der Waals surface area contributed by atoms with E-state index in [4.69, 9.17) is 15.2 Å². The normalized spacial score (nSPS) is 11.6. The first kappa shape index (κ1) is 17.7. The lowest BCUT2D eigenvalue weighted by Crippen LogP contribution is -2.39. The molecule has 0 saturated carbocycles. The van der Waals surface area contributed by atoms with Crippen molar-refractivity contribution in [2.24, 2.45) is 5.73 Å². The molecule has 3 N–H and O–H groups in total. The summed E-state index contributed by atoms with van der Waals surface area (Å²) >= 11 is 0. The summed E-state index contributed by atoms with van der Waals surface area (Å²) < 4.78 is 10.4. The van der Waals surface area contributed by atoms with Crippen molar-refractivity contribution in [2.45, 2.75) is 26.0 Å². The average Bonchev–Trinajstić information content (AvgIpc) is 2.31. The molecule has 0 bridgehead atoms. The number of amides is 1. The fraction of sp³-hybridized carbons (Fsp3) is 0.462. The van der Waals surface area contributed by atoms with Crippen molar-refractivity contribution in [3.63, 3.8) is 0 Å². The zero-order valence-electron chi connectivity index (χ0n) is 11.4. The Morgan fingerprint density at radius 2 is 2.00 bits per heavy atom. The van der Waals surface area contributed by atoms with Crippen LogP contribution in [0.25, 0.3) is 0 Å². The number of benzene rings is 1. The Labute approximate surface area is 119 Å². The molecule has 5 nitrogen and oxygen atoms in total. The van der Waals surface area contributed by atoms with E-state index in [1.54, 1.807) is 12.1 Å². The summed E-state index contributed by atoms with van der Waals surface area (Å²) in [5, 5.41) is 2.73. The number of anilines is 1.